The molecule has 0 atom stereocenters. The van der Waals surface area contributed by atoms with Crippen LogP contribution in [0.3, 0.4) is 0 Å². The van der Waals surface area contributed by atoms with Crippen molar-refractivity contribution >= 4 is 23.3 Å². The molecule has 1 aliphatic heterocycles. The van der Waals surface area contributed by atoms with Crippen molar-refractivity contribution in [3.63, 3.8) is 0 Å². The minimum atomic E-state index is -0.378. The normalized spacial score (nSPS) is 13.4. The van der Waals surface area contributed by atoms with E-state index in [9.17, 15) is 9.59 Å². The summed E-state index contributed by atoms with van der Waals surface area (Å²) in [5, 5.41) is 8.03. The fourth-order valence-corrected chi connectivity index (χ4v) is 2.29. The third-order valence-electron chi connectivity index (χ3n) is 3.49. The van der Waals surface area contributed by atoms with E-state index in [1.807, 2.05) is 18.2 Å². The summed E-state index contributed by atoms with van der Waals surface area (Å²) >= 11 is 0. The number of nitrogens with zero attached hydrogens (tertiary/aromatic N) is 2. The van der Waals surface area contributed by atoms with Crippen molar-refractivity contribution < 1.29 is 19.1 Å². The van der Waals surface area contributed by atoms with Gasteiger partial charge in [0, 0.05) is 0 Å². The fourth-order valence-electron chi connectivity index (χ4n) is 2.29. The van der Waals surface area contributed by atoms with E-state index in [1.54, 1.807) is 43.5 Å². The Labute approximate surface area is 144 Å². The Hall–Kier alpha value is -3.35. The van der Waals surface area contributed by atoms with Crippen LogP contribution >= 0.6 is 0 Å². The Morgan fingerprint density at radius 3 is 2.48 bits per heavy atom. The molecule has 1 N–H and O–H groups in total. The molecular weight excluding hydrogens is 322 g/mol. The second kappa shape index (κ2) is 7.48. The standard InChI is InChI=1S/C18H17N3O4/c1-24-14-7-9-15(10-8-14)25-12-17(22)19-16-11-18(23)21(20-16)13-5-3-2-4-6-13/h2-10H,11-12H2,1H3,(H,19,20,22). The number of amidine groups is 1. The molecule has 2 aromatic rings. The van der Waals surface area contributed by atoms with Crippen LogP contribution in [0.15, 0.2) is 59.7 Å². The number of para-hydroxylation sites is 1. The minimum Gasteiger partial charge on any atom is -0.497 e. The fraction of sp³-hybridized carbons (Fsp3) is 0.167. The van der Waals surface area contributed by atoms with Crippen LogP contribution in [0, 0.1) is 0 Å². The molecule has 0 fully saturated rings. The molecule has 0 saturated heterocycles. The van der Waals surface area contributed by atoms with Crippen molar-refractivity contribution in [1.29, 1.82) is 0 Å². The molecule has 0 spiro atoms. The molecule has 1 heterocycles. The van der Waals surface area contributed by atoms with Crippen LogP contribution in [0.2, 0.25) is 0 Å². The molecule has 0 aromatic heterocycles. The molecule has 2 amide bonds. The first-order chi connectivity index (χ1) is 12.2. The molecule has 3 rings (SSSR count). The largest absolute Gasteiger partial charge is 0.497 e. The number of carbonyl (C=O) groups excluding carboxylic acids is 2. The van der Waals surface area contributed by atoms with E-state index in [2.05, 4.69) is 10.4 Å². The maximum atomic E-state index is 12.0. The molecule has 7 heteroatoms. The molecule has 0 saturated carbocycles. The summed E-state index contributed by atoms with van der Waals surface area (Å²) in [7, 11) is 1.58. The first-order valence-electron chi connectivity index (χ1n) is 7.68. The number of amides is 2. The Kier molecular flexibility index (Phi) is 4.94. The lowest BCUT2D eigenvalue weighted by atomic mass is 10.3. The summed E-state index contributed by atoms with van der Waals surface area (Å²) in [6.45, 7) is -0.176. The summed E-state index contributed by atoms with van der Waals surface area (Å²) in [5.74, 6) is 0.981. The average Bonchev–Trinajstić information content (AvgIpc) is 3.01. The number of rotatable bonds is 5. The predicted octanol–water partition coefficient (Wildman–Crippen LogP) is 1.94. The van der Waals surface area contributed by atoms with Crippen LogP contribution in [-0.4, -0.2) is 31.4 Å². The summed E-state index contributed by atoms with van der Waals surface area (Å²) in [6.07, 6.45) is 0.0448. The second-order valence-corrected chi connectivity index (χ2v) is 5.28. The highest BCUT2D eigenvalue weighted by atomic mass is 16.5. The van der Waals surface area contributed by atoms with E-state index in [4.69, 9.17) is 9.47 Å². The van der Waals surface area contributed by atoms with Gasteiger partial charge in [-0.2, -0.15) is 10.1 Å². The highest BCUT2D eigenvalue weighted by Crippen LogP contribution is 2.19. The number of hydrogen-bond acceptors (Lipinski definition) is 5. The van der Waals surface area contributed by atoms with Crippen LogP contribution in [-0.2, 0) is 9.59 Å². The summed E-state index contributed by atoms with van der Waals surface area (Å²) in [5.41, 5.74) is 0.659. The zero-order valence-electron chi connectivity index (χ0n) is 13.6. The molecular formula is C18H17N3O4. The quantitative estimate of drug-likeness (QED) is 0.903. The second-order valence-electron chi connectivity index (χ2n) is 5.28. The maximum absolute atomic E-state index is 12.0. The number of hydrazone groups is 1. The third-order valence-corrected chi connectivity index (χ3v) is 3.49. The average molecular weight is 339 g/mol. The predicted molar refractivity (Wildman–Crippen MR) is 92.6 cm³/mol. The van der Waals surface area contributed by atoms with Crippen LogP contribution in [0.4, 0.5) is 5.69 Å². The number of ether oxygens (including phenoxy) is 2. The number of carbonyl (C=O) groups is 2. The lowest BCUT2D eigenvalue weighted by Crippen LogP contribution is -2.33. The minimum absolute atomic E-state index is 0.0448. The van der Waals surface area contributed by atoms with Crippen LogP contribution in [0.1, 0.15) is 6.42 Å². The van der Waals surface area contributed by atoms with Crippen LogP contribution in [0.5, 0.6) is 11.5 Å². The van der Waals surface area contributed by atoms with Gasteiger partial charge in [0.05, 0.1) is 19.2 Å². The van der Waals surface area contributed by atoms with Gasteiger partial charge in [-0.25, -0.2) is 0 Å². The molecule has 128 valence electrons. The van der Waals surface area contributed by atoms with Gasteiger partial charge in [0.15, 0.2) is 6.61 Å². The first kappa shape index (κ1) is 16.5. The van der Waals surface area contributed by atoms with Gasteiger partial charge in [-0.15, -0.1) is 0 Å². The molecule has 0 bridgehead atoms. The number of nitrogens with one attached hydrogen (secondary N) is 1. The van der Waals surface area contributed by atoms with Gasteiger partial charge in [-0.05, 0) is 36.4 Å². The number of hydrogen-bond donors (Lipinski definition) is 1. The Bertz CT molecular complexity index is 788. The Morgan fingerprint density at radius 2 is 1.80 bits per heavy atom. The SMILES string of the molecule is COc1ccc(OCC(=O)NC2=NN(c3ccccc3)C(=O)C2)cc1. The molecule has 0 aliphatic carbocycles. The van der Waals surface area contributed by atoms with Gasteiger partial charge in [-0.3, -0.25) is 9.59 Å². The lowest BCUT2D eigenvalue weighted by molar-refractivity contribution is -0.121. The van der Waals surface area contributed by atoms with Gasteiger partial charge in [0.1, 0.15) is 17.3 Å². The number of methoxy groups -OCH3 is 1. The van der Waals surface area contributed by atoms with Crippen LogP contribution in [0.25, 0.3) is 0 Å². The van der Waals surface area contributed by atoms with Gasteiger partial charge in [-0.1, -0.05) is 18.2 Å². The topological polar surface area (TPSA) is 80.2 Å². The van der Waals surface area contributed by atoms with Crippen molar-refractivity contribution in [3.8, 4) is 11.5 Å². The van der Waals surface area contributed by atoms with Crippen molar-refractivity contribution in [2.75, 3.05) is 18.7 Å². The Morgan fingerprint density at radius 1 is 1.12 bits per heavy atom. The zero-order chi connectivity index (χ0) is 17.6. The molecule has 7 nitrogen and oxygen atoms in total. The van der Waals surface area contributed by atoms with Crippen molar-refractivity contribution in [2.45, 2.75) is 6.42 Å². The summed E-state index contributed by atoms with van der Waals surface area (Å²) < 4.78 is 10.4. The third kappa shape index (κ3) is 4.14. The van der Waals surface area contributed by atoms with E-state index in [-0.39, 0.29) is 24.8 Å². The van der Waals surface area contributed by atoms with E-state index >= 15 is 0 Å². The van der Waals surface area contributed by atoms with E-state index in [0.29, 0.717) is 23.0 Å². The van der Waals surface area contributed by atoms with Crippen molar-refractivity contribution in [1.82, 2.24) is 5.32 Å². The lowest BCUT2D eigenvalue weighted by Gasteiger charge is -2.10. The van der Waals surface area contributed by atoms with E-state index in [1.165, 1.54) is 5.01 Å². The van der Waals surface area contributed by atoms with Crippen molar-refractivity contribution in [3.05, 3.63) is 54.6 Å². The van der Waals surface area contributed by atoms with Crippen LogP contribution < -0.4 is 19.8 Å². The van der Waals surface area contributed by atoms with Gasteiger partial charge in [0.25, 0.3) is 11.8 Å². The molecule has 1 aliphatic rings. The number of anilines is 1. The number of benzene rings is 2. The highest BCUT2D eigenvalue weighted by molar-refractivity contribution is 6.15. The smallest absolute Gasteiger partial charge is 0.263 e. The zero-order valence-corrected chi connectivity index (χ0v) is 13.6. The summed E-state index contributed by atoms with van der Waals surface area (Å²) in [6, 6.07) is 15.9. The molecule has 0 unspecified atom stereocenters. The molecule has 25 heavy (non-hydrogen) atoms. The Balaban J connectivity index is 1.55. The van der Waals surface area contributed by atoms with Crippen molar-refractivity contribution in [2.24, 2.45) is 5.10 Å². The van der Waals surface area contributed by atoms with Gasteiger partial charge < -0.3 is 14.8 Å². The first-order valence-corrected chi connectivity index (χ1v) is 7.68. The van der Waals surface area contributed by atoms with Gasteiger partial charge >= 0.3 is 0 Å². The van der Waals surface area contributed by atoms with E-state index < -0.39 is 0 Å². The summed E-state index contributed by atoms with van der Waals surface area (Å²) in [4.78, 5) is 24.0. The molecule has 0 radical (unpaired) electrons. The monoisotopic (exact) mass is 339 g/mol. The maximum Gasteiger partial charge on any atom is 0.263 e. The highest BCUT2D eigenvalue weighted by Gasteiger charge is 2.26. The molecule has 2 aromatic carbocycles. The van der Waals surface area contributed by atoms with Gasteiger partial charge in [0.2, 0.25) is 0 Å². The van der Waals surface area contributed by atoms with E-state index in [0.717, 1.165) is 0 Å².